The van der Waals surface area contributed by atoms with Gasteiger partial charge in [0.15, 0.2) is 0 Å². The van der Waals surface area contributed by atoms with Gasteiger partial charge in [-0.2, -0.15) is 5.10 Å². The van der Waals surface area contributed by atoms with E-state index in [2.05, 4.69) is 15.7 Å². The Kier molecular flexibility index (Phi) is 5.06. The monoisotopic (exact) mass is 348 g/mol. The summed E-state index contributed by atoms with van der Waals surface area (Å²) in [7, 11) is 0. The molecule has 3 rings (SSSR count). The molecule has 0 bridgehead atoms. The molecular weight excluding hydrogens is 324 g/mol. The van der Waals surface area contributed by atoms with Crippen molar-refractivity contribution in [1.29, 1.82) is 0 Å². The van der Waals surface area contributed by atoms with Gasteiger partial charge in [0.1, 0.15) is 6.54 Å². The molecule has 8 heteroatoms. The summed E-state index contributed by atoms with van der Waals surface area (Å²) in [5, 5.41) is 18.8. The fourth-order valence-corrected chi connectivity index (χ4v) is 3.20. The Morgan fingerprint density at radius 2 is 1.96 bits per heavy atom. The van der Waals surface area contributed by atoms with E-state index in [1.165, 1.54) is 23.5 Å². The average Bonchev–Trinajstić information content (AvgIpc) is 3.26. The van der Waals surface area contributed by atoms with Gasteiger partial charge in [0.25, 0.3) is 5.91 Å². The van der Waals surface area contributed by atoms with Crippen molar-refractivity contribution in [3.8, 4) is 0 Å². The third kappa shape index (κ3) is 4.37. The molecule has 0 spiro atoms. The smallest absolute Gasteiger partial charge is 0.311 e. The normalized spacial score (nSPS) is 19.2. The van der Waals surface area contributed by atoms with Crippen LogP contribution >= 0.6 is 0 Å². The molecular formula is C17H24N4O4. The third-order valence-electron chi connectivity index (χ3n) is 5.07. The van der Waals surface area contributed by atoms with Crippen molar-refractivity contribution < 1.29 is 19.5 Å². The molecule has 0 saturated heterocycles. The van der Waals surface area contributed by atoms with Crippen LogP contribution in [0.5, 0.6) is 0 Å². The minimum atomic E-state index is -0.872. The minimum absolute atomic E-state index is 0.0723. The van der Waals surface area contributed by atoms with E-state index in [4.69, 9.17) is 5.11 Å². The molecule has 0 aliphatic heterocycles. The van der Waals surface area contributed by atoms with E-state index in [0.717, 1.165) is 25.7 Å². The molecule has 136 valence electrons. The number of carboxylic acids is 1. The second-order valence-corrected chi connectivity index (χ2v) is 7.10. The van der Waals surface area contributed by atoms with Crippen LogP contribution in [-0.4, -0.2) is 45.3 Å². The number of carbonyl (C=O) groups excluding carboxylic acids is 2. The van der Waals surface area contributed by atoms with E-state index in [0.29, 0.717) is 18.4 Å². The molecule has 3 N–H and O–H groups in total. The number of hydrogen-bond donors (Lipinski definition) is 3. The van der Waals surface area contributed by atoms with E-state index < -0.39 is 11.4 Å². The standard InChI is InChI=1S/C17H24N4O4/c22-14(20-13-4-2-1-3-5-13)10-21-9-12(8-19-21)15(23)18-11-17(6-7-17)16(24)25/h8-9,13H,1-7,10-11H2,(H,18,23)(H,20,22)(H,24,25). The first kappa shape index (κ1) is 17.4. The van der Waals surface area contributed by atoms with Crippen molar-refractivity contribution in [1.82, 2.24) is 20.4 Å². The van der Waals surface area contributed by atoms with Crippen LogP contribution in [0.1, 0.15) is 55.3 Å². The molecule has 2 aliphatic carbocycles. The van der Waals surface area contributed by atoms with E-state index in [9.17, 15) is 14.4 Å². The van der Waals surface area contributed by atoms with Gasteiger partial charge in [-0.1, -0.05) is 19.3 Å². The summed E-state index contributed by atoms with van der Waals surface area (Å²) in [4.78, 5) is 35.3. The van der Waals surface area contributed by atoms with Crippen molar-refractivity contribution in [2.24, 2.45) is 5.41 Å². The summed E-state index contributed by atoms with van der Waals surface area (Å²) in [5.74, 6) is -1.35. The zero-order valence-electron chi connectivity index (χ0n) is 14.2. The van der Waals surface area contributed by atoms with E-state index in [1.807, 2.05) is 0 Å². The highest BCUT2D eigenvalue weighted by Gasteiger charge is 2.50. The Bertz CT molecular complexity index is 659. The molecule has 2 saturated carbocycles. The van der Waals surface area contributed by atoms with Crippen LogP contribution < -0.4 is 10.6 Å². The Labute approximate surface area is 146 Å². The number of amides is 2. The summed E-state index contributed by atoms with van der Waals surface area (Å²) < 4.78 is 1.43. The van der Waals surface area contributed by atoms with Gasteiger partial charge in [0.05, 0.1) is 17.2 Å². The van der Waals surface area contributed by atoms with Gasteiger partial charge in [-0.05, 0) is 25.7 Å². The first-order valence-corrected chi connectivity index (χ1v) is 8.82. The van der Waals surface area contributed by atoms with Gasteiger partial charge in [-0.15, -0.1) is 0 Å². The summed E-state index contributed by atoms with van der Waals surface area (Å²) >= 11 is 0. The maximum Gasteiger partial charge on any atom is 0.311 e. The first-order chi connectivity index (χ1) is 12.0. The van der Waals surface area contributed by atoms with Crippen LogP contribution in [0.25, 0.3) is 0 Å². The van der Waals surface area contributed by atoms with Gasteiger partial charge < -0.3 is 15.7 Å². The Balaban J connectivity index is 1.47. The van der Waals surface area contributed by atoms with Gasteiger partial charge in [-0.25, -0.2) is 0 Å². The van der Waals surface area contributed by atoms with Gasteiger partial charge >= 0.3 is 5.97 Å². The maximum absolute atomic E-state index is 12.1. The van der Waals surface area contributed by atoms with Crippen molar-refractivity contribution in [2.45, 2.75) is 57.5 Å². The second kappa shape index (κ2) is 7.25. The van der Waals surface area contributed by atoms with Gasteiger partial charge in [0, 0.05) is 18.8 Å². The number of nitrogens with zero attached hydrogens (tertiary/aromatic N) is 2. The second-order valence-electron chi connectivity index (χ2n) is 7.10. The fraction of sp³-hybridized carbons (Fsp3) is 0.647. The number of carbonyl (C=O) groups is 3. The van der Waals surface area contributed by atoms with Crippen molar-refractivity contribution >= 4 is 17.8 Å². The number of carboxylic acid groups (broad SMARTS) is 1. The Morgan fingerprint density at radius 3 is 2.60 bits per heavy atom. The fourth-order valence-electron chi connectivity index (χ4n) is 3.20. The maximum atomic E-state index is 12.1. The predicted octanol–water partition coefficient (Wildman–Crippen LogP) is 0.927. The summed E-state index contributed by atoms with van der Waals surface area (Å²) in [6, 6.07) is 0.241. The molecule has 2 aliphatic rings. The van der Waals surface area contributed by atoms with Crippen LogP contribution in [0, 0.1) is 5.41 Å². The summed E-state index contributed by atoms with van der Waals surface area (Å²) in [6.07, 6.45) is 9.64. The molecule has 2 fully saturated rings. The van der Waals surface area contributed by atoms with Crippen LogP contribution in [0.15, 0.2) is 12.4 Å². The lowest BCUT2D eigenvalue weighted by atomic mass is 9.95. The van der Waals surface area contributed by atoms with Crippen LogP contribution in [0.3, 0.4) is 0 Å². The van der Waals surface area contributed by atoms with Crippen molar-refractivity contribution in [3.63, 3.8) is 0 Å². The Hall–Kier alpha value is -2.38. The summed E-state index contributed by atoms with van der Waals surface area (Å²) in [6.45, 7) is 0.192. The van der Waals surface area contributed by atoms with Crippen LogP contribution in [0.4, 0.5) is 0 Å². The highest BCUT2D eigenvalue weighted by molar-refractivity contribution is 5.94. The van der Waals surface area contributed by atoms with Crippen molar-refractivity contribution in [2.75, 3.05) is 6.54 Å². The average molecular weight is 348 g/mol. The lowest BCUT2D eigenvalue weighted by Gasteiger charge is -2.22. The SMILES string of the molecule is O=C(Cn1cc(C(=O)NCC2(C(=O)O)CC2)cn1)NC1CCCCC1. The van der Waals surface area contributed by atoms with Crippen LogP contribution in [0.2, 0.25) is 0 Å². The molecule has 2 amide bonds. The number of rotatable bonds is 7. The topological polar surface area (TPSA) is 113 Å². The number of aromatic nitrogens is 2. The molecule has 0 radical (unpaired) electrons. The summed E-state index contributed by atoms with van der Waals surface area (Å²) in [5.41, 5.74) is -0.474. The van der Waals surface area contributed by atoms with Gasteiger partial charge in [-0.3, -0.25) is 19.1 Å². The first-order valence-electron chi connectivity index (χ1n) is 8.82. The predicted molar refractivity (Wildman–Crippen MR) is 88.9 cm³/mol. The lowest BCUT2D eigenvalue weighted by Crippen LogP contribution is -2.38. The number of hydrogen-bond acceptors (Lipinski definition) is 4. The molecule has 25 heavy (non-hydrogen) atoms. The molecule has 1 aromatic rings. The number of aliphatic carboxylic acids is 1. The lowest BCUT2D eigenvalue weighted by molar-refractivity contribution is -0.143. The minimum Gasteiger partial charge on any atom is -0.481 e. The molecule has 0 aromatic carbocycles. The largest absolute Gasteiger partial charge is 0.481 e. The van der Waals surface area contributed by atoms with Crippen LogP contribution in [-0.2, 0) is 16.1 Å². The third-order valence-corrected chi connectivity index (χ3v) is 5.07. The molecule has 0 unspecified atom stereocenters. The van der Waals surface area contributed by atoms with E-state index in [-0.39, 0.29) is 30.9 Å². The molecule has 8 nitrogen and oxygen atoms in total. The molecule has 1 aromatic heterocycles. The highest BCUT2D eigenvalue weighted by atomic mass is 16.4. The molecule has 1 heterocycles. The van der Waals surface area contributed by atoms with Crippen molar-refractivity contribution in [3.05, 3.63) is 18.0 Å². The highest BCUT2D eigenvalue weighted by Crippen LogP contribution is 2.45. The zero-order valence-corrected chi connectivity index (χ0v) is 14.2. The quantitative estimate of drug-likeness (QED) is 0.678. The van der Waals surface area contributed by atoms with Gasteiger partial charge in [0.2, 0.25) is 5.91 Å². The van der Waals surface area contributed by atoms with E-state index in [1.54, 1.807) is 0 Å². The zero-order chi connectivity index (χ0) is 17.9. The number of nitrogens with one attached hydrogen (secondary N) is 2. The Morgan fingerprint density at radius 1 is 1.24 bits per heavy atom. The van der Waals surface area contributed by atoms with E-state index >= 15 is 0 Å². The molecule has 0 atom stereocenters.